The molecule has 0 radical (unpaired) electrons. The van der Waals surface area contributed by atoms with Crippen molar-refractivity contribution in [2.75, 3.05) is 13.1 Å². The molecule has 0 aromatic carbocycles. The SMILES string of the molecule is CC.CC(=O)CC(=O)N1CCC(C#CC(C)C)CC1. The average molecular weight is 265 g/mol. The van der Waals surface area contributed by atoms with E-state index in [-0.39, 0.29) is 18.1 Å². The maximum atomic E-state index is 11.7. The number of rotatable bonds is 2. The fourth-order valence-electron chi connectivity index (χ4n) is 1.88. The van der Waals surface area contributed by atoms with E-state index in [9.17, 15) is 9.59 Å². The minimum absolute atomic E-state index is 0.0345. The van der Waals surface area contributed by atoms with Crippen molar-refractivity contribution in [1.82, 2.24) is 4.90 Å². The average Bonchev–Trinajstić information content (AvgIpc) is 2.38. The molecule has 0 atom stereocenters. The van der Waals surface area contributed by atoms with Gasteiger partial charge in [0.05, 0.1) is 6.42 Å². The third-order valence-electron chi connectivity index (χ3n) is 2.82. The van der Waals surface area contributed by atoms with Gasteiger partial charge < -0.3 is 4.90 Å². The summed E-state index contributed by atoms with van der Waals surface area (Å²) in [5.41, 5.74) is 0. The van der Waals surface area contributed by atoms with Crippen molar-refractivity contribution < 1.29 is 9.59 Å². The number of hydrogen-bond donors (Lipinski definition) is 0. The number of carbonyl (C=O) groups is 2. The zero-order valence-electron chi connectivity index (χ0n) is 13.0. The van der Waals surface area contributed by atoms with Gasteiger partial charge in [0, 0.05) is 24.9 Å². The Kier molecular flexibility index (Phi) is 8.95. The second kappa shape index (κ2) is 9.61. The van der Waals surface area contributed by atoms with Gasteiger partial charge in [-0.05, 0) is 19.8 Å². The van der Waals surface area contributed by atoms with Gasteiger partial charge in [-0.25, -0.2) is 0 Å². The van der Waals surface area contributed by atoms with E-state index in [0.717, 1.165) is 25.9 Å². The molecule has 0 bridgehead atoms. The van der Waals surface area contributed by atoms with Gasteiger partial charge in [0.2, 0.25) is 5.91 Å². The minimum atomic E-state index is -0.0586. The highest BCUT2D eigenvalue weighted by Crippen LogP contribution is 2.17. The van der Waals surface area contributed by atoms with Crippen LogP contribution in [0.2, 0.25) is 0 Å². The van der Waals surface area contributed by atoms with E-state index in [1.54, 1.807) is 4.90 Å². The van der Waals surface area contributed by atoms with E-state index < -0.39 is 0 Å². The predicted octanol–water partition coefficient (Wildman–Crippen LogP) is 2.89. The molecule has 0 N–H and O–H groups in total. The number of piperidine rings is 1. The molecule has 19 heavy (non-hydrogen) atoms. The molecule has 1 aliphatic rings. The van der Waals surface area contributed by atoms with Gasteiger partial charge in [-0.15, -0.1) is 5.92 Å². The van der Waals surface area contributed by atoms with Gasteiger partial charge in [-0.3, -0.25) is 9.59 Å². The predicted molar refractivity (Wildman–Crippen MR) is 78.6 cm³/mol. The van der Waals surface area contributed by atoms with E-state index >= 15 is 0 Å². The van der Waals surface area contributed by atoms with Crippen LogP contribution in [0, 0.1) is 23.7 Å². The quantitative estimate of drug-likeness (QED) is 0.568. The normalized spacial score (nSPS) is 15.2. The molecule has 0 aromatic heterocycles. The van der Waals surface area contributed by atoms with Crippen LogP contribution in [0.25, 0.3) is 0 Å². The number of nitrogens with zero attached hydrogens (tertiary/aromatic N) is 1. The van der Waals surface area contributed by atoms with Crippen molar-refractivity contribution in [2.24, 2.45) is 11.8 Å². The lowest BCUT2D eigenvalue weighted by Gasteiger charge is -2.29. The molecule has 1 aliphatic heterocycles. The van der Waals surface area contributed by atoms with Crippen LogP contribution in [0.3, 0.4) is 0 Å². The Hall–Kier alpha value is -1.30. The van der Waals surface area contributed by atoms with Crippen molar-refractivity contribution in [2.45, 2.75) is 53.9 Å². The molecule has 1 amide bonds. The lowest BCUT2D eigenvalue weighted by molar-refractivity contribution is -0.135. The maximum absolute atomic E-state index is 11.7. The van der Waals surface area contributed by atoms with Crippen molar-refractivity contribution in [1.29, 1.82) is 0 Å². The van der Waals surface area contributed by atoms with E-state index in [2.05, 4.69) is 25.7 Å². The molecule has 1 rings (SSSR count). The first-order valence-electron chi connectivity index (χ1n) is 7.27. The van der Waals surface area contributed by atoms with Crippen LogP contribution < -0.4 is 0 Å². The summed E-state index contributed by atoms with van der Waals surface area (Å²) in [6, 6.07) is 0. The van der Waals surface area contributed by atoms with E-state index in [4.69, 9.17) is 0 Å². The Balaban J connectivity index is 0.00000154. The van der Waals surface area contributed by atoms with Crippen LogP contribution in [0.1, 0.15) is 53.9 Å². The summed E-state index contributed by atoms with van der Waals surface area (Å²) in [6.45, 7) is 11.1. The van der Waals surface area contributed by atoms with Crippen molar-refractivity contribution in [3.05, 3.63) is 0 Å². The van der Waals surface area contributed by atoms with Crippen LogP contribution in [-0.2, 0) is 9.59 Å². The molecule has 1 fully saturated rings. The molecule has 0 saturated carbocycles. The molecule has 0 unspecified atom stereocenters. The van der Waals surface area contributed by atoms with Crippen molar-refractivity contribution in [3.63, 3.8) is 0 Å². The Morgan fingerprint density at radius 3 is 2.16 bits per heavy atom. The molecule has 0 spiro atoms. The molecule has 1 saturated heterocycles. The Morgan fingerprint density at radius 1 is 1.21 bits per heavy atom. The van der Waals surface area contributed by atoms with E-state index in [1.807, 2.05) is 13.8 Å². The fourth-order valence-corrected chi connectivity index (χ4v) is 1.88. The summed E-state index contributed by atoms with van der Waals surface area (Å²) >= 11 is 0. The van der Waals surface area contributed by atoms with Gasteiger partial charge in [-0.1, -0.05) is 33.6 Å². The van der Waals surface area contributed by atoms with Gasteiger partial charge in [0.15, 0.2) is 0 Å². The van der Waals surface area contributed by atoms with E-state index in [1.165, 1.54) is 6.92 Å². The number of Topliss-reactive ketones (excluding diaryl/α,β-unsaturated/α-hetero) is 1. The highest BCUT2D eigenvalue weighted by atomic mass is 16.2. The highest BCUT2D eigenvalue weighted by Gasteiger charge is 2.22. The maximum Gasteiger partial charge on any atom is 0.230 e. The molecule has 108 valence electrons. The third kappa shape index (κ3) is 7.66. The zero-order chi connectivity index (χ0) is 14.8. The lowest BCUT2D eigenvalue weighted by atomic mass is 9.96. The summed E-state index contributed by atoms with van der Waals surface area (Å²) in [5, 5.41) is 0. The van der Waals surface area contributed by atoms with Crippen molar-refractivity contribution >= 4 is 11.7 Å². The summed E-state index contributed by atoms with van der Waals surface area (Å²) in [7, 11) is 0. The van der Waals surface area contributed by atoms with Crippen LogP contribution in [0.4, 0.5) is 0 Å². The lowest BCUT2D eigenvalue weighted by Crippen LogP contribution is -2.38. The minimum Gasteiger partial charge on any atom is -0.342 e. The highest BCUT2D eigenvalue weighted by molar-refractivity contribution is 5.96. The number of amides is 1. The van der Waals surface area contributed by atoms with E-state index in [0.29, 0.717) is 11.8 Å². The molecule has 3 heteroatoms. The fraction of sp³-hybridized carbons (Fsp3) is 0.750. The topological polar surface area (TPSA) is 37.4 Å². The van der Waals surface area contributed by atoms with Crippen LogP contribution in [0.15, 0.2) is 0 Å². The van der Waals surface area contributed by atoms with Crippen LogP contribution in [-0.4, -0.2) is 29.7 Å². The van der Waals surface area contributed by atoms with Gasteiger partial charge in [0.1, 0.15) is 5.78 Å². The van der Waals surface area contributed by atoms with Crippen LogP contribution >= 0.6 is 0 Å². The molecular formula is C16H27NO2. The largest absolute Gasteiger partial charge is 0.342 e. The first-order chi connectivity index (χ1) is 8.99. The Labute approximate surface area is 117 Å². The Morgan fingerprint density at radius 2 is 1.74 bits per heavy atom. The number of carbonyl (C=O) groups excluding carboxylic acids is 2. The summed E-state index contributed by atoms with van der Waals surface area (Å²) in [5.74, 6) is 7.18. The summed E-state index contributed by atoms with van der Waals surface area (Å²) in [6.07, 6.45) is 1.91. The first kappa shape index (κ1) is 17.7. The first-order valence-corrected chi connectivity index (χ1v) is 7.27. The molecule has 0 aromatic rings. The monoisotopic (exact) mass is 265 g/mol. The number of ketones is 1. The van der Waals surface area contributed by atoms with Crippen molar-refractivity contribution in [3.8, 4) is 11.8 Å². The standard InChI is InChI=1S/C14H21NO2.C2H6/c1-11(2)4-5-13-6-8-15(9-7-13)14(17)10-12(3)16;1-2/h11,13H,6-10H2,1-3H3;1-2H3. The number of hydrogen-bond acceptors (Lipinski definition) is 2. The second-order valence-electron chi connectivity index (χ2n) is 4.98. The summed E-state index contributed by atoms with van der Waals surface area (Å²) in [4.78, 5) is 24.3. The zero-order valence-corrected chi connectivity index (χ0v) is 13.0. The third-order valence-corrected chi connectivity index (χ3v) is 2.82. The molecule has 3 nitrogen and oxygen atoms in total. The molecular weight excluding hydrogens is 238 g/mol. The van der Waals surface area contributed by atoms with Gasteiger partial charge in [-0.2, -0.15) is 0 Å². The second-order valence-corrected chi connectivity index (χ2v) is 4.98. The van der Waals surface area contributed by atoms with Crippen LogP contribution in [0.5, 0.6) is 0 Å². The smallest absolute Gasteiger partial charge is 0.230 e. The Bertz CT molecular complexity index is 341. The molecule has 0 aliphatic carbocycles. The summed E-state index contributed by atoms with van der Waals surface area (Å²) < 4.78 is 0. The molecule has 1 heterocycles. The van der Waals surface area contributed by atoms with Gasteiger partial charge in [0.25, 0.3) is 0 Å². The number of likely N-dealkylation sites (tertiary alicyclic amines) is 1. The van der Waals surface area contributed by atoms with Gasteiger partial charge >= 0.3 is 0 Å².